The van der Waals surface area contributed by atoms with E-state index in [0.29, 0.717) is 5.69 Å². The summed E-state index contributed by atoms with van der Waals surface area (Å²) in [4.78, 5) is 3.62. The molecular weight excluding hydrogens is 183 g/mol. The second kappa shape index (κ2) is 3.24. The zero-order valence-corrected chi connectivity index (χ0v) is 7.14. The van der Waals surface area contributed by atoms with Crippen LogP contribution in [-0.2, 0) is 0 Å². The number of ether oxygens (including phenoxy) is 1. The van der Waals surface area contributed by atoms with Gasteiger partial charge in [0.25, 0.3) is 0 Å². The molecule has 1 heterocycles. The highest BCUT2D eigenvalue weighted by Crippen LogP contribution is 2.21. The molecule has 0 spiro atoms. The first kappa shape index (κ1) is 9.83. The highest BCUT2D eigenvalue weighted by Gasteiger charge is 2.31. The Labute approximate surface area is 73.4 Å². The molecule has 0 fully saturated rings. The molecule has 1 rings (SSSR count). The fraction of sp³-hybridized carbons (Fsp3) is 0.375. The Hall–Kier alpha value is -1.26. The number of hydrogen-bond donors (Lipinski definition) is 0. The molecule has 0 N–H and O–H groups in total. The van der Waals surface area contributed by atoms with Crippen molar-refractivity contribution < 1.29 is 17.9 Å². The summed E-state index contributed by atoms with van der Waals surface area (Å²) in [6, 6.07) is 2.72. The van der Waals surface area contributed by atoms with Gasteiger partial charge in [-0.1, -0.05) is 6.07 Å². The second-order valence-corrected chi connectivity index (χ2v) is 2.60. The summed E-state index contributed by atoms with van der Waals surface area (Å²) in [5.41, 5.74) is 1.36. The summed E-state index contributed by atoms with van der Waals surface area (Å²) in [5.74, 6) is -0.421. The van der Waals surface area contributed by atoms with E-state index in [0.717, 1.165) is 5.56 Å². The maximum atomic E-state index is 11.7. The lowest BCUT2D eigenvalue weighted by Gasteiger charge is -2.08. The first-order chi connectivity index (χ1) is 5.88. The third-order valence-electron chi connectivity index (χ3n) is 1.54. The molecule has 2 nitrogen and oxygen atoms in total. The lowest BCUT2D eigenvalue weighted by Crippen LogP contribution is -2.18. The Balaban J connectivity index is 2.86. The van der Waals surface area contributed by atoms with E-state index in [9.17, 15) is 13.2 Å². The van der Waals surface area contributed by atoms with E-state index in [4.69, 9.17) is 0 Å². The summed E-state index contributed by atoms with van der Waals surface area (Å²) in [6.45, 7) is 3.39. The maximum absolute atomic E-state index is 11.7. The first-order valence-corrected chi connectivity index (χ1v) is 3.58. The normalized spacial score (nSPS) is 11.5. The van der Waals surface area contributed by atoms with Crippen molar-refractivity contribution in [2.24, 2.45) is 0 Å². The SMILES string of the molecule is Cc1ccc(OC(F)(F)F)nc1C. The van der Waals surface area contributed by atoms with Gasteiger partial charge in [-0.3, -0.25) is 0 Å². The Morgan fingerprint density at radius 3 is 2.31 bits per heavy atom. The van der Waals surface area contributed by atoms with E-state index in [-0.39, 0.29) is 0 Å². The van der Waals surface area contributed by atoms with Gasteiger partial charge >= 0.3 is 6.36 Å². The smallest absolute Gasteiger partial charge is 0.388 e. The zero-order valence-electron chi connectivity index (χ0n) is 7.14. The van der Waals surface area contributed by atoms with E-state index in [2.05, 4.69) is 9.72 Å². The molecule has 0 aliphatic heterocycles. The fourth-order valence-corrected chi connectivity index (χ4v) is 0.783. The summed E-state index contributed by atoms with van der Waals surface area (Å²) in [7, 11) is 0. The Morgan fingerprint density at radius 2 is 1.85 bits per heavy atom. The molecule has 0 aliphatic rings. The van der Waals surface area contributed by atoms with Gasteiger partial charge in [0.15, 0.2) is 0 Å². The predicted octanol–water partition coefficient (Wildman–Crippen LogP) is 2.60. The Bertz CT molecular complexity index is 309. The average Bonchev–Trinajstić information content (AvgIpc) is 1.94. The largest absolute Gasteiger partial charge is 0.574 e. The number of aryl methyl sites for hydroxylation is 2. The molecule has 13 heavy (non-hydrogen) atoms. The van der Waals surface area contributed by atoms with Gasteiger partial charge in [0.1, 0.15) is 0 Å². The number of hydrogen-bond acceptors (Lipinski definition) is 2. The van der Waals surface area contributed by atoms with Crippen molar-refractivity contribution >= 4 is 0 Å². The number of alkyl halides is 3. The van der Waals surface area contributed by atoms with Gasteiger partial charge in [0, 0.05) is 11.8 Å². The van der Waals surface area contributed by atoms with Crippen LogP contribution in [0.5, 0.6) is 5.88 Å². The van der Waals surface area contributed by atoms with Crippen molar-refractivity contribution in [1.82, 2.24) is 4.98 Å². The van der Waals surface area contributed by atoms with Crippen LogP contribution in [-0.4, -0.2) is 11.3 Å². The molecule has 0 radical (unpaired) electrons. The molecule has 0 bridgehead atoms. The molecular formula is C8H8F3NO. The van der Waals surface area contributed by atoms with Gasteiger partial charge in [-0.25, -0.2) is 4.98 Å². The summed E-state index contributed by atoms with van der Waals surface area (Å²) >= 11 is 0. The van der Waals surface area contributed by atoms with Crippen LogP contribution in [0.3, 0.4) is 0 Å². The van der Waals surface area contributed by atoms with E-state index < -0.39 is 12.2 Å². The molecule has 0 aromatic carbocycles. The van der Waals surface area contributed by atoms with Gasteiger partial charge in [0.05, 0.1) is 0 Å². The first-order valence-electron chi connectivity index (χ1n) is 3.58. The van der Waals surface area contributed by atoms with Crippen LogP contribution in [0.1, 0.15) is 11.3 Å². The third kappa shape index (κ3) is 2.93. The predicted molar refractivity (Wildman–Crippen MR) is 40.4 cm³/mol. The van der Waals surface area contributed by atoms with Crippen LogP contribution in [0.25, 0.3) is 0 Å². The summed E-state index contributed by atoms with van der Waals surface area (Å²) < 4.78 is 38.8. The monoisotopic (exact) mass is 191 g/mol. The van der Waals surface area contributed by atoms with E-state index in [1.165, 1.54) is 12.1 Å². The van der Waals surface area contributed by atoms with Gasteiger partial charge in [0.2, 0.25) is 5.88 Å². The van der Waals surface area contributed by atoms with E-state index in [1.807, 2.05) is 0 Å². The number of nitrogens with zero attached hydrogens (tertiary/aromatic N) is 1. The second-order valence-electron chi connectivity index (χ2n) is 2.60. The molecule has 0 atom stereocenters. The highest BCUT2D eigenvalue weighted by molar-refractivity contribution is 5.23. The molecule has 0 aliphatic carbocycles. The molecule has 1 aromatic heterocycles. The van der Waals surface area contributed by atoms with Gasteiger partial charge < -0.3 is 4.74 Å². The molecule has 0 saturated carbocycles. The minimum atomic E-state index is -4.67. The number of aromatic nitrogens is 1. The van der Waals surface area contributed by atoms with Gasteiger partial charge in [-0.2, -0.15) is 0 Å². The molecule has 5 heteroatoms. The Kier molecular flexibility index (Phi) is 2.45. The lowest BCUT2D eigenvalue weighted by molar-refractivity contribution is -0.276. The van der Waals surface area contributed by atoms with E-state index in [1.54, 1.807) is 13.8 Å². The van der Waals surface area contributed by atoms with Crippen molar-refractivity contribution in [3.8, 4) is 5.88 Å². The minimum absolute atomic E-state index is 0.421. The van der Waals surface area contributed by atoms with Crippen molar-refractivity contribution in [2.45, 2.75) is 20.2 Å². The highest BCUT2D eigenvalue weighted by atomic mass is 19.4. The summed E-state index contributed by atoms with van der Waals surface area (Å²) in [5, 5.41) is 0. The fourth-order valence-electron chi connectivity index (χ4n) is 0.783. The molecule has 72 valence electrons. The number of halogens is 3. The van der Waals surface area contributed by atoms with Crippen LogP contribution in [0, 0.1) is 13.8 Å². The van der Waals surface area contributed by atoms with E-state index >= 15 is 0 Å². The van der Waals surface area contributed by atoms with Crippen LogP contribution in [0.2, 0.25) is 0 Å². The zero-order chi connectivity index (χ0) is 10.1. The number of rotatable bonds is 1. The van der Waals surface area contributed by atoms with Gasteiger partial charge in [-0.15, -0.1) is 13.2 Å². The standard InChI is InChI=1S/C8H8F3NO/c1-5-3-4-7(12-6(5)2)13-8(9,10)11/h3-4H,1-2H3. The van der Waals surface area contributed by atoms with Crippen LogP contribution in [0.15, 0.2) is 12.1 Å². The van der Waals surface area contributed by atoms with Crippen molar-refractivity contribution in [2.75, 3.05) is 0 Å². The summed E-state index contributed by atoms with van der Waals surface area (Å²) in [6.07, 6.45) is -4.67. The van der Waals surface area contributed by atoms with Gasteiger partial charge in [-0.05, 0) is 19.4 Å². The maximum Gasteiger partial charge on any atom is 0.574 e. The van der Waals surface area contributed by atoms with Crippen LogP contribution in [0.4, 0.5) is 13.2 Å². The van der Waals surface area contributed by atoms with Crippen molar-refractivity contribution in [3.63, 3.8) is 0 Å². The third-order valence-corrected chi connectivity index (χ3v) is 1.54. The molecule has 0 unspecified atom stereocenters. The topological polar surface area (TPSA) is 22.1 Å². The quantitative estimate of drug-likeness (QED) is 0.680. The molecule has 0 saturated heterocycles. The van der Waals surface area contributed by atoms with Crippen molar-refractivity contribution in [1.29, 1.82) is 0 Å². The van der Waals surface area contributed by atoms with Crippen LogP contribution >= 0.6 is 0 Å². The minimum Gasteiger partial charge on any atom is -0.388 e. The molecule has 1 aromatic rings. The average molecular weight is 191 g/mol. The lowest BCUT2D eigenvalue weighted by atomic mass is 10.2. The van der Waals surface area contributed by atoms with Crippen LogP contribution < -0.4 is 4.74 Å². The molecule has 0 amide bonds. The van der Waals surface area contributed by atoms with Crippen molar-refractivity contribution in [3.05, 3.63) is 23.4 Å². The Morgan fingerprint density at radius 1 is 1.23 bits per heavy atom. The number of pyridine rings is 1.